The molecule has 0 aliphatic rings. The smallest absolute Gasteiger partial charge is 0.252 e. The maximum atomic E-state index is 12.9. The molecule has 0 radical (unpaired) electrons. The van der Waals surface area contributed by atoms with Gasteiger partial charge in [-0.25, -0.2) is 4.39 Å². The van der Waals surface area contributed by atoms with Gasteiger partial charge in [-0.3, -0.25) is 4.79 Å². The van der Waals surface area contributed by atoms with E-state index in [0.717, 1.165) is 4.47 Å². The average molecular weight is 390 g/mol. The highest BCUT2D eigenvalue weighted by atomic mass is 79.9. The first-order chi connectivity index (χ1) is 11.6. The number of amides is 1. The van der Waals surface area contributed by atoms with Gasteiger partial charge in [0.15, 0.2) is 0 Å². The van der Waals surface area contributed by atoms with Crippen molar-refractivity contribution in [1.29, 1.82) is 0 Å². The number of rotatable bonds is 5. The standard InChI is InChI=1S/C17H13BrFN3O2/c18-14-4-2-1-3-13(14)16(23)20-10-9-15-21-22-17(24-15)11-5-7-12(19)8-6-11/h1-8H,9-10H2,(H,20,23). The van der Waals surface area contributed by atoms with Crippen molar-refractivity contribution in [3.05, 3.63) is 70.3 Å². The number of carbonyl (C=O) groups is 1. The first-order valence-electron chi connectivity index (χ1n) is 7.24. The zero-order chi connectivity index (χ0) is 16.9. The minimum atomic E-state index is -0.326. The number of nitrogens with zero attached hydrogens (tertiary/aromatic N) is 2. The lowest BCUT2D eigenvalue weighted by Gasteiger charge is -2.05. The molecular formula is C17H13BrFN3O2. The average Bonchev–Trinajstić information content (AvgIpc) is 3.04. The molecule has 1 aromatic heterocycles. The Morgan fingerprint density at radius 3 is 2.62 bits per heavy atom. The molecule has 3 aromatic rings. The summed E-state index contributed by atoms with van der Waals surface area (Å²) in [5.74, 6) is 0.220. The molecule has 24 heavy (non-hydrogen) atoms. The third-order valence-corrected chi connectivity index (χ3v) is 3.99. The Morgan fingerprint density at radius 2 is 1.88 bits per heavy atom. The Labute approximate surface area is 146 Å². The second-order valence-electron chi connectivity index (χ2n) is 4.99. The van der Waals surface area contributed by atoms with Crippen LogP contribution in [0.2, 0.25) is 0 Å². The van der Waals surface area contributed by atoms with Crippen molar-refractivity contribution in [3.8, 4) is 11.5 Å². The molecule has 0 saturated carbocycles. The minimum absolute atomic E-state index is 0.180. The molecule has 0 unspecified atom stereocenters. The second-order valence-corrected chi connectivity index (χ2v) is 5.85. The number of hydrogen-bond acceptors (Lipinski definition) is 4. The van der Waals surface area contributed by atoms with Crippen molar-refractivity contribution in [1.82, 2.24) is 15.5 Å². The van der Waals surface area contributed by atoms with E-state index in [9.17, 15) is 9.18 Å². The molecule has 1 N–H and O–H groups in total. The Kier molecular flexibility index (Phi) is 5.00. The highest BCUT2D eigenvalue weighted by Crippen LogP contribution is 2.18. The zero-order valence-corrected chi connectivity index (χ0v) is 14.1. The Bertz CT molecular complexity index is 849. The Balaban J connectivity index is 1.57. The maximum absolute atomic E-state index is 12.9. The van der Waals surface area contributed by atoms with E-state index in [1.54, 1.807) is 24.3 Å². The van der Waals surface area contributed by atoms with Gasteiger partial charge in [-0.15, -0.1) is 10.2 Å². The molecule has 122 valence electrons. The molecule has 3 rings (SSSR count). The van der Waals surface area contributed by atoms with Crippen molar-refractivity contribution < 1.29 is 13.6 Å². The van der Waals surface area contributed by atoms with Crippen molar-refractivity contribution in [2.75, 3.05) is 6.54 Å². The summed E-state index contributed by atoms with van der Waals surface area (Å²) < 4.78 is 19.2. The summed E-state index contributed by atoms with van der Waals surface area (Å²) in [6, 6.07) is 13.0. The van der Waals surface area contributed by atoms with Gasteiger partial charge in [0.2, 0.25) is 11.8 Å². The topological polar surface area (TPSA) is 68.0 Å². The molecule has 0 spiro atoms. The lowest BCUT2D eigenvalue weighted by atomic mass is 10.2. The van der Waals surface area contributed by atoms with Crippen LogP contribution in [0.5, 0.6) is 0 Å². The monoisotopic (exact) mass is 389 g/mol. The maximum Gasteiger partial charge on any atom is 0.252 e. The van der Waals surface area contributed by atoms with Gasteiger partial charge in [0, 0.05) is 23.0 Å². The normalized spacial score (nSPS) is 10.6. The van der Waals surface area contributed by atoms with Crippen LogP contribution >= 0.6 is 15.9 Å². The van der Waals surface area contributed by atoms with Crippen LogP contribution < -0.4 is 5.32 Å². The van der Waals surface area contributed by atoms with Crippen LogP contribution in [0.25, 0.3) is 11.5 Å². The Morgan fingerprint density at radius 1 is 1.12 bits per heavy atom. The predicted octanol–water partition coefficient (Wildman–Crippen LogP) is 3.61. The summed E-state index contributed by atoms with van der Waals surface area (Å²) in [4.78, 5) is 12.1. The van der Waals surface area contributed by atoms with Crippen molar-refractivity contribution >= 4 is 21.8 Å². The molecule has 0 fully saturated rings. The van der Waals surface area contributed by atoms with E-state index in [1.807, 2.05) is 12.1 Å². The molecule has 0 aliphatic carbocycles. The summed E-state index contributed by atoms with van der Waals surface area (Å²) in [5.41, 5.74) is 1.21. The van der Waals surface area contributed by atoms with Crippen LogP contribution in [-0.2, 0) is 6.42 Å². The van der Waals surface area contributed by atoms with E-state index in [4.69, 9.17) is 4.42 Å². The number of aromatic nitrogens is 2. The molecule has 0 bridgehead atoms. The van der Waals surface area contributed by atoms with Gasteiger partial charge in [-0.2, -0.15) is 0 Å². The lowest BCUT2D eigenvalue weighted by Crippen LogP contribution is -2.26. The van der Waals surface area contributed by atoms with E-state index < -0.39 is 0 Å². The summed E-state index contributed by atoms with van der Waals surface area (Å²) in [7, 11) is 0. The van der Waals surface area contributed by atoms with Crippen LogP contribution in [0.3, 0.4) is 0 Å². The first kappa shape index (κ1) is 16.3. The van der Waals surface area contributed by atoms with Gasteiger partial charge >= 0.3 is 0 Å². The molecule has 0 saturated heterocycles. The molecule has 5 nitrogen and oxygen atoms in total. The quantitative estimate of drug-likeness (QED) is 0.723. The SMILES string of the molecule is O=C(NCCc1nnc(-c2ccc(F)cc2)o1)c1ccccc1Br. The fourth-order valence-corrected chi connectivity index (χ4v) is 2.55. The van der Waals surface area contributed by atoms with Gasteiger partial charge < -0.3 is 9.73 Å². The van der Waals surface area contributed by atoms with E-state index in [-0.39, 0.29) is 11.7 Å². The predicted molar refractivity (Wildman–Crippen MR) is 89.9 cm³/mol. The van der Waals surface area contributed by atoms with E-state index in [0.29, 0.717) is 35.9 Å². The van der Waals surface area contributed by atoms with Gasteiger partial charge in [0.25, 0.3) is 5.91 Å². The highest BCUT2D eigenvalue weighted by Gasteiger charge is 2.11. The Hall–Kier alpha value is -2.54. The molecule has 1 amide bonds. The summed E-state index contributed by atoms with van der Waals surface area (Å²) >= 11 is 3.34. The zero-order valence-electron chi connectivity index (χ0n) is 12.5. The van der Waals surface area contributed by atoms with Gasteiger partial charge in [0.1, 0.15) is 5.82 Å². The molecule has 7 heteroatoms. The second kappa shape index (κ2) is 7.35. The molecule has 0 atom stereocenters. The van der Waals surface area contributed by atoms with Crippen LogP contribution in [-0.4, -0.2) is 22.6 Å². The van der Waals surface area contributed by atoms with Crippen molar-refractivity contribution in [2.24, 2.45) is 0 Å². The van der Waals surface area contributed by atoms with Gasteiger partial charge in [-0.05, 0) is 52.3 Å². The fraction of sp³-hybridized carbons (Fsp3) is 0.118. The third kappa shape index (κ3) is 3.86. The third-order valence-electron chi connectivity index (χ3n) is 3.30. The number of benzene rings is 2. The number of carbonyl (C=O) groups excluding carboxylic acids is 1. The van der Waals surface area contributed by atoms with E-state index in [2.05, 4.69) is 31.4 Å². The summed E-state index contributed by atoms with van der Waals surface area (Å²) in [6.45, 7) is 0.366. The molecule has 0 aliphatic heterocycles. The van der Waals surface area contributed by atoms with Gasteiger partial charge in [0.05, 0.1) is 5.56 Å². The lowest BCUT2D eigenvalue weighted by molar-refractivity contribution is 0.0953. The number of hydrogen-bond donors (Lipinski definition) is 1. The summed E-state index contributed by atoms with van der Waals surface area (Å²) in [6.07, 6.45) is 0.407. The van der Waals surface area contributed by atoms with Crippen LogP contribution in [0.1, 0.15) is 16.2 Å². The largest absolute Gasteiger partial charge is 0.421 e. The van der Waals surface area contributed by atoms with Crippen LogP contribution in [0.15, 0.2) is 57.4 Å². The fourth-order valence-electron chi connectivity index (χ4n) is 2.09. The van der Waals surface area contributed by atoms with Gasteiger partial charge in [-0.1, -0.05) is 12.1 Å². The van der Waals surface area contributed by atoms with E-state index >= 15 is 0 Å². The van der Waals surface area contributed by atoms with E-state index in [1.165, 1.54) is 12.1 Å². The molecule has 2 aromatic carbocycles. The molecule has 1 heterocycles. The highest BCUT2D eigenvalue weighted by molar-refractivity contribution is 9.10. The van der Waals surface area contributed by atoms with Crippen LogP contribution in [0, 0.1) is 5.82 Å². The summed E-state index contributed by atoms with van der Waals surface area (Å²) in [5, 5.41) is 10.7. The van der Waals surface area contributed by atoms with Crippen molar-refractivity contribution in [2.45, 2.75) is 6.42 Å². The minimum Gasteiger partial charge on any atom is -0.421 e. The van der Waals surface area contributed by atoms with Crippen LogP contribution in [0.4, 0.5) is 4.39 Å². The number of halogens is 2. The number of nitrogens with one attached hydrogen (secondary N) is 1. The van der Waals surface area contributed by atoms with Crippen molar-refractivity contribution in [3.63, 3.8) is 0 Å². The molecular weight excluding hydrogens is 377 g/mol. The first-order valence-corrected chi connectivity index (χ1v) is 8.04.